The zero-order chi connectivity index (χ0) is 8.97. The van der Waals surface area contributed by atoms with Crippen molar-refractivity contribution in [1.29, 1.82) is 0 Å². The van der Waals surface area contributed by atoms with E-state index < -0.39 is 11.9 Å². The van der Waals surface area contributed by atoms with E-state index in [2.05, 4.69) is 4.98 Å². The number of nitrogens with zero attached hydrogens (tertiary/aromatic N) is 1. The van der Waals surface area contributed by atoms with E-state index in [1.54, 1.807) is 0 Å². The molecule has 4 heteroatoms. The normalized spacial score (nSPS) is 10.4. The number of carboxylic acid groups (broad SMARTS) is 1. The van der Waals surface area contributed by atoms with Gasteiger partial charge in [-0.3, -0.25) is 0 Å². The second-order valence-electron chi connectivity index (χ2n) is 2.06. The van der Waals surface area contributed by atoms with Gasteiger partial charge in [0.05, 0.1) is 5.69 Å². The van der Waals surface area contributed by atoms with Gasteiger partial charge in [-0.1, -0.05) is 6.07 Å². The summed E-state index contributed by atoms with van der Waals surface area (Å²) in [5.41, 5.74) is 0.289. The molecule has 0 unspecified atom stereocenters. The summed E-state index contributed by atoms with van der Waals surface area (Å²) in [4.78, 5) is 13.5. The van der Waals surface area contributed by atoms with Gasteiger partial charge in [-0.15, -0.1) is 0 Å². The van der Waals surface area contributed by atoms with E-state index in [-0.39, 0.29) is 5.69 Å². The Morgan fingerprint density at radius 3 is 2.92 bits per heavy atom. The Hall–Kier alpha value is -1.71. The summed E-state index contributed by atoms with van der Waals surface area (Å²) < 4.78 is 12.4. The van der Waals surface area contributed by atoms with E-state index in [0.717, 1.165) is 6.08 Å². The molecule has 1 aromatic heterocycles. The van der Waals surface area contributed by atoms with Gasteiger partial charge in [0, 0.05) is 6.08 Å². The van der Waals surface area contributed by atoms with Gasteiger partial charge in [-0.05, 0) is 18.2 Å². The maximum Gasteiger partial charge on any atom is 0.328 e. The van der Waals surface area contributed by atoms with Gasteiger partial charge in [0.25, 0.3) is 0 Å². The number of hydrogen-bond acceptors (Lipinski definition) is 2. The quantitative estimate of drug-likeness (QED) is 0.533. The van der Waals surface area contributed by atoms with Crippen LogP contribution in [0.4, 0.5) is 4.39 Å². The van der Waals surface area contributed by atoms with E-state index in [9.17, 15) is 9.18 Å². The molecule has 0 amide bonds. The highest BCUT2D eigenvalue weighted by atomic mass is 19.1. The van der Waals surface area contributed by atoms with Gasteiger partial charge in [0.15, 0.2) is 0 Å². The van der Waals surface area contributed by atoms with Crippen LogP contribution in [0.1, 0.15) is 5.69 Å². The van der Waals surface area contributed by atoms with Crippen LogP contribution in [-0.2, 0) is 4.79 Å². The van der Waals surface area contributed by atoms with Crippen molar-refractivity contribution in [2.75, 3.05) is 0 Å². The fraction of sp³-hybridized carbons (Fsp3) is 0. The number of carbonyl (C=O) groups is 1. The van der Waals surface area contributed by atoms with Gasteiger partial charge in [-0.2, -0.15) is 4.39 Å². The number of carboxylic acids is 1. The predicted octanol–water partition coefficient (Wildman–Crippen LogP) is 1.32. The number of aliphatic carboxylic acids is 1. The van der Waals surface area contributed by atoms with Crippen molar-refractivity contribution in [3.05, 3.63) is 35.9 Å². The predicted molar refractivity (Wildman–Crippen MR) is 40.9 cm³/mol. The zero-order valence-corrected chi connectivity index (χ0v) is 6.07. The molecule has 0 spiro atoms. The van der Waals surface area contributed by atoms with Crippen LogP contribution in [0.25, 0.3) is 6.08 Å². The van der Waals surface area contributed by atoms with Crippen LogP contribution in [0.5, 0.6) is 0 Å². The smallest absolute Gasteiger partial charge is 0.328 e. The summed E-state index contributed by atoms with van der Waals surface area (Å²) in [6.07, 6.45) is 2.13. The van der Waals surface area contributed by atoms with Crippen LogP contribution in [0, 0.1) is 5.95 Å². The molecule has 12 heavy (non-hydrogen) atoms. The number of rotatable bonds is 2. The summed E-state index contributed by atoms with van der Waals surface area (Å²) in [6.45, 7) is 0. The largest absolute Gasteiger partial charge is 0.478 e. The van der Waals surface area contributed by atoms with Crippen LogP contribution in [0.3, 0.4) is 0 Å². The van der Waals surface area contributed by atoms with Crippen molar-refractivity contribution in [2.45, 2.75) is 0 Å². The lowest BCUT2D eigenvalue weighted by atomic mass is 10.3. The topological polar surface area (TPSA) is 50.2 Å². The van der Waals surface area contributed by atoms with Gasteiger partial charge in [-0.25, -0.2) is 9.78 Å². The van der Waals surface area contributed by atoms with Gasteiger partial charge in [0.1, 0.15) is 0 Å². The Morgan fingerprint density at radius 2 is 2.33 bits per heavy atom. The Bertz CT molecular complexity index is 323. The lowest BCUT2D eigenvalue weighted by Crippen LogP contribution is -1.88. The minimum absolute atomic E-state index is 0.289. The first kappa shape index (κ1) is 8.39. The van der Waals surface area contributed by atoms with Crippen molar-refractivity contribution >= 4 is 12.0 Å². The third kappa shape index (κ3) is 2.49. The highest BCUT2D eigenvalue weighted by Gasteiger charge is 1.92. The summed E-state index contributed by atoms with van der Waals surface area (Å²) in [7, 11) is 0. The van der Waals surface area contributed by atoms with Crippen molar-refractivity contribution in [1.82, 2.24) is 4.98 Å². The standard InChI is InChI=1S/C8H6FNO2/c9-7-3-1-2-6(10-7)4-5-8(11)12/h1-5H,(H,11,12). The monoisotopic (exact) mass is 167 g/mol. The molecule has 0 saturated heterocycles. The highest BCUT2D eigenvalue weighted by molar-refractivity contribution is 5.84. The maximum absolute atomic E-state index is 12.4. The Kier molecular flexibility index (Phi) is 2.53. The Morgan fingerprint density at radius 1 is 1.58 bits per heavy atom. The molecule has 0 saturated carbocycles. The fourth-order valence-electron chi connectivity index (χ4n) is 0.673. The first-order valence-corrected chi connectivity index (χ1v) is 3.22. The summed E-state index contributed by atoms with van der Waals surface area (Å²) in [5.74, 6) is -1.70. The average Bonchev–Trinajstić information content (AvgIpc) is 2.01. The maximum atomic E-state index is 12.4. The molecule has 3 nitrogen and oxygen atoms in total. The molecule has 0 aliphatic heterocycles. The molecule has 0 aliphatic rings. The molecule has 0 aromatic carbocycles. The molecule has 1 rings (SSSR count). The fourth-order valence-corrected chi connectivity index (χ4v) is 0.673. The Labute approximate surface area is 68.2 Å². The second kappa shape index (κ2) is 3.61. The molecule has 0 fully saturated rings. The zero-order valence-electron chi connectivity index (χ0n) is 6.07. The summed E-state index contributed by atoms with van der Waals surface area (Å²) in [6, 6.07) is 4.17. The SMILES string of the molecule is O=C(O)C=Cc1cccc(F)n1. The molecular weight excluding hydrogens is 161 g/mol. The first-order chi connectivity index (χ1) is 5.68. The molecule has 0 atom stereocenters. The minimum atomic E-state index is -1.08. The molecule has 1 N–H and O–H groups in total. The van der Waals surface area contributed by atoms with Crippen LogP contribution >= 0.6 is 0 Å². The number of pyridine rings is 1. The van der Waals surface area contributed by atoms with Crippen molar-refractivity contribution in [2.24, 2.45) is 0 Å². The molecule has 62 valence electrons. The van der Waals surface area contributed by atoms with Crippen LogP contribution in [0.2, 0.25) is 0 Å². The number of halogens is 1. The minimum Gasteiger partial charge on any atom is -0.478 e. The van der Waals surface area contributed by atoms with Crippen molar-refractivity contribution < 1.29 is 14.3 Å². The highest BCUT2D eigenvalue weighted by Crippen LogP contribution is 1.99. The third-order valence-corrected chi connectivity index (χ3v) is 1.13. The Balaban J connectivity index is 2.83. The third-order valence-electron chi connectivity index (χ3n) is 1.13. The van der Waals surface area contributed by atoms with Crippen LogP contribution < -0.4 is 0 Å². The van der Waals surface area contributed by atoms with Crippen molar-refractivity contribution in [3.8, 4) is 0 Å². The van der Waals surface area contributed by atoms with Crippen molar-refractivity contribution in [3.63, 3.8) is 0 Å². The molecule has 1 heterocycles. The van der Waals surface area contributed by atoms with Crippen LogP contribution in [-0.4, -0.2) is 16.1 Å². The molecule has 0 aliphatic carbocycles. The molecule has 1 aromatic rings. The number of aromatic nitrogens is 1. The lowest BCUT2D eigenvalue weighted by Gasteiger charge is -1.90. The van der Waals surface area contributed by atoms with E-state index >= 15 is 0 Å². The first-order valence-electron chi connectivity index (χ1n) is 3.22. The van der Waals surface area contributed by atoms with Crippen LogP contribution in [0.15, 0.2) is 24.3 Å². The second-order valence-corrected chi connectivity index (χ2v) is 2.06. The number of hydrogen-bond donors (Lipinski definition) is 1. The van der Waals surface area contributed by atoms with E-state index in [0.29, 0.717) is 0 Å². The molecular formula is C8H6FNO2. The average molecular weight is 167 g/mol. The summed E-state index contributed by atoms with van der Waals surface area (Å²) >= 11 is 0. The van der Waals surface area contributed by atoms with Gasteiger partial charge in [0.2, 0.25) is 5.95 Å². The summed E-state index contributed by atoms with van der Waals surface area (Å²) in [5, 5.41) is 8.24. The van der Waals surface area contributed by atoms with E-state index in [1.165, 1.54) is 24.3 Å². The van der Waals surface area contributed by atoms with E-state index in [1.807, 2.05) is 0 Å². The van der Waals surface area contributed by atoms with Gasteiger partial charge >= 0.3 is 5.97 Å². The lowest BCUT2D eigenvalue weighted by molar-refractivity contribution is -0.131. The molecule has 0 radical (unpaired) electrons. The molecule has 0 bridgehead atoms. The van der Waals surface area contributed by atoms with Gasteiger partial charge < -0.3 is 5.11 Å². The van der Waals surface area contributed by atoms with E-state index in [4.69, 9.17) is 5.11 Å².